The van der Waals surface area contributed by atoms with Gasteiger partial charge in [-0.15, -0.1) is 0 Å². The molecule has 2 aliphatic rings. The van der Waals surface area contributed by atoms with E-state index in [0.717, 1.165) is 44.0 Å². The molecule has 2 aromatic carbocycles. The first-order chi connectivity index (χ1) is 22.1. The molecule has 0 amide bonds. The van der Waals surface area contributed by atoms with Crippen molar-refractivity contribution in [3.05, 3.63) is 95.7 Å². The highest BCUT2D eigenvalue weighted by molar-refractivity contribution is 5.95. The molecule has 2 aromatic heterocycles. The Hall–Kier alpha value is -4.71. The Bertz CT molecular complexity index is 1940. The van der Waals surface area contributed by atoms with Gasteiger partial charge < -0.3 is 20.3 Å². The Kier molecular flexibility index (Phi) is 8.81. The fraction of sp³-hybridized carbons (Fsp3) is 0.412. The predicted octanol–water partition coefficient (Wildman–Crippen LogP) is 4.31. The van der Waals surface area contributed by atoms with Crippen molar-refractivity contribution >= 4 is 34.1 Å². The van der Waals surface area contributed by atoms with E-state index in [-0.39, 0.29) is 22.4 Å². The highest BCUT2D eigenvalue weighted by Crippen LogP contribution is 2.41. The van der Waals surface area contributed by atoms with Crippen LogP contribution in [0.4, 0.5) is 21.6 Å². The Balaban J connectivity index is 1.03. The number of aromatic amines is 2. The van der Waals surface area contributed by atoms with Crippen molar-refractivity contribution in [3.8, 4) is 0 Å². The topological polar surface area (TPSA) is 144 Å². The monoisotopic (exact) mass is 630 g/mol. The minimum absolute atomic E-state index is 0.0202. The van der Waals surface area contributed by atoms with E-state index in [2.05, 4.69) is 34.0 Å². The molecule has 2 fully saturated rings. The van der Waals surface area contributed by atoms with Gasteiger partial charge in [-0.2, -0.15) is 0 Å². The molecule has 0 atom stereocenters. The summed E-state index contributed by atoms with van der Waals surface area (Å²) in [5.74, 6) is -1.47. The zero-order valence-electron chi connectivity index (χ0n) is 26.1. The van der Waals surface area contributed by atoms with Gasteiger partial charge >= 0.3 is 11.7 Å². The van der Waals surface area contributed by atoms with Gasteiger partial charge in [0.05, 0.1) is 11.2 Å². The van der Waals surface area contributed by atoms with E-state index >= 15 is 4.39 Å². The Morgan fingerprint density at radius 3 is 2.41 bits per heavy atom. The standard InChI is InChI=1S/C34H39FN6O5/c1-3-21-16-23(9-6-20(21)2)36-28-19-29(42)41(34(46)38-28)11-5-4-10-39-12-14-40(15-13-39)27-18-26-24(17-25(27)35)32(43)30(33(44)45)31(37-26)22-7-8-22/h6,9,16-19,22,36H,3-5,7-8,10-15H2,1-2H3,(H,37,43)(H,38,46)(H,44,45). The lowest BCUT2D eigenvalue weighted by molar-refractivity contribution is 0.0694. The zero-order chi connectivity index (χ0) is 32.5. The number of aryl methyl sites for hydroxylation is 2. The number of fused-ring (bicyclic) bond motifs is 1. The van der Waals surface area contributed by atoms with E-state index in [9.17, 15) is 24.3 Å². The number of nitrogens with zero attached hydrogens (tertiary/aromatic N) is 3. The van der Waals surface area contributed by atoms with Crippen molar-refractivity contribution in [1.29, 1.82) is 0 Å². The number of rotatable bonds is 11. The summed E-state index contributed by atoms with van der Waals surface area (Å²) in [6.07, 6.45) is 3.98. The maximum atomic E-state index is 15.2. The molecule has 0 radical (unpaired) electrons. The van der Waals surface area contributed by atoms with Crippen LogP contribution >= 0.6 is 0 Å². The molecule has 0 unspecified atom stereocenters. The normalized spacial score (nSPS) is 15.4. The van der Waals surface area contributed by atoms with Crippen molar-refractivity contribution in [2.45, 2.75) is 58.4 Å². The summed E-state index contributed by atoms with van der Waals surface area (Å²) in [5, 5.41) is 12.8. The summed E-state index contributed by atoms with van der Waals surface area (Å²) >= 11 is 0. The number of piperazine rings is 1. The first-order valence-electron chi connectivity index (χ1n) is 15.9. The van der Waals surface area contributed by atoms with Crippen LogP contribution in [0.25, 0.3) is 10.9 Å². The van der Waals surface area contributed by atoms with Crippen LogP contribution in [-0.4, -0.2) is 63.2 Å². The van der Waals surface area contributed by atoms with Crippen molar-refractivity contribution in [3.63, 3.8) is 0 Å². The number of carboxylic acids is 1. The lowest BCUT2D eigenvalue weighted by atomic mass is 10.0. The van der Waals surface area contributed by atoms with Crippen LogP contribution < -0.4 is 26.9 Å². The minimum atomic E-state index is -1.29. The number of anilines is 3. The number of hydrogen-bond acceptors (Lipinski definition) is 7. The minimum Gasteiger partial charge on any atom is -0.477 e. The van der Waals surface area contributed by atoms with E-state index in [1.165, 1.54) is 21.8 Å². The molecule has 1 aliphatic heterocycles. The zero-order valence-corrected chi connectivity index (χ0v) is 26.1. The smallest absolute Gasteiger partial charge is 0.341 e. The maximum absolute atomic E-state index is 15.2. The molecule has 1 saturated heterocycles. The number of carbonyl (C=O) groups is 1. The van der Waals surface area contributed by atoms with Gasteiger partial charge in [0.2, 0.25) is 5.43 Å². The number of pyridine rings is 1. The van der Waals surface area contributed by atoms with E-state index in [0.29, 0.717) is 61.9 Å². The van der Waals surface area contributed by atoms with Crippen LogP contribution in [0, 0.1) is 12.7 Å². The molecule has 4 N–H and O–H groups in total. The summed E-state index contributed by atoms with van der Waals surface area (Å²) in [4.78, 5) is 60.3. The molecular weight excluding hydrogens is 591 g/mol. The molecule has 12 heteroatoms. The van der Waals surface area contributed by atoms with Crippen molar-refractivity contribution < 1.29 is 14.3 Å². The lowest BCUT2D eigenvalue weighted by Crippen LogP contribution is -2.47. The molecule has 0 bridgehead atoms. The van der Waals surface area contributed by atoms with Crippen molar-refractivity contribution in [2.24, 2.45) is 0 Å². The molecule has 1 saturated carbocycles. The summed E-state index contributed by atoms with van der Waals surface area (Å²) in [6.45, 7) is 7.81. The van der Waals surface area contributed by atoms with E-state index in [1.807, 2.05) is 23.1 Å². The largest absolute Gasteiger partial charge is 0.477 e. The molecular formula is C34H39FN6O5. The molecule has 242 valence electrons. The molecule has 3 heterocycles. The number of unbranched alkanes of at least 4 members (excludes halogenated alkanes) is 1. The number of nitrogens with one attached hydrogen (secondary N) is 3. The lowest BCUT2D eigenvalue weighted by Gasteiger charge is -2.36. The number of benzene rings is 2. The van der Waals surface area contributed by atoms with Gasteiger partial charge in [-0.05, 0) is 81.0 Å². The van der Waals surface area contributed by atoms with E-state index in [1.54, 1.807) is 6.07 Å². The fourth-order valence-corrected chi connectivity index (χ4v) is 6.35. The predicted molar refractivity (Wildman–Crippen MR) is 177 cm³/mol. The molecule has 46 heavy (non-hydrogen) atoms. The number of aromatic carboxylic acids is 1. The van der Waals surface area contributed by atoms with Gasteiger partial charge in [0.15, 0.2) is 0 Å². The molecule has 4 aromatic rings. The van der Waals surface area contributed by atoms with Gasteiger partial charge in [0.1, 0.15) is 17.2 Å². The Labute approximate surface area is 264 Å². The van der Waals surface area contributed by atoms with Crippen LogP contribution in [0.5, 0.6) is 0 Å². The van der Waals surface area contributed by atoms with Gasteiger partial charge in [-0.25, -0.2) is 14.0 Å². The second kappa shape index (κ2) is 13.0. The van der Waals surface area contributed by atoms with E-state index < -0.39 is 22.9 Å². The second-order valence-corrected chi connectivity index (χ2v) is 12.3. The number of carboxylic acid groups (broad SMARTS) is 1. The Morgan fingerprint density at radius 2 is 1.74 bits per heavy atom. The average Bonchev–Trinajstić information content (AvgIpc) is 3.87. The van der Waals surface area contributed by atoms with Crippen molar-refractivity contribution in [2.75, 3.05) is 42.9 Å². The van der Waals surface area contributed by atoms with Crippen molar-refractivity contribution in [1.82, 2.24) is 19.4 Å². The number of H-pyrrole nitrogens is 2. The fourth-order valence-electron chi connectivity index (χ4n) is 6.35. The molecule has 0 spiro atoms. The maximum Gasteiger partial charge on any atom is 0.341 e. The first kappa shape index (κ1) is 31.3. The quantitative estimate of drug-likeness (QED) is 0.180. The van der Waals surface area contributed by atoms with Gasteiger partial charge in [0.25, 0.3) is 5.56 Å². The highest BCUT2D eigenvalue weighted by Gasteiger charge is 2.32. The molecule has 6 rings (SSSR count). The van der Waals surface area contributed by atoms with Gasteiger partial charge in [-0.1, -0.05) is 13.0 Å². The summed E-state index contributed by atoms with van der Waals surface area (Å²) < 4.78 is 16.4. The third-order valence-corrected chi connectivity index (χ3v) is 9.15. The highest BCUT2D eigenvalue weighted by atomic mass is 19.1. The first-order valence-corrected chi connectivity index (χ1v) is 15.9. The Morgan fingerprint density at radius 1 is 1.00 bits per heavy atom. The summed E-state index contributed by atoms with van der Waals surface area (Å²) in [5.41, 5.74) is 2.72. The summed E-state index contributed by atoms with van der Waals surface area (Å²) in [6, 6.07) is 10.1. The van der Waals surface area contributed by atoms with Crippen LogP contribution in [0.3, 0.4) is 0 Å². The summed E-state index contributed by atoms with van der Waals surface area (Å²) in [7, 11) is 0. The van der Waals surface area contributed by atoms with Crippen LogP contribution in [0.15, 0.2) is 50.8 Å². The van der Waals surface area contributed by atoms with Crippen LogP contribution in [0.2, 0.25) is 0 Å². The SMILES string of the molecule is CCc1cc(Nc2cc(=O)n(CCCCN3CCN(c4cc5[nH]c(C6CC6)c(C(=O)O)c(=O)c5cc4F)CC3)c(=O)[nH]2)ccc1C. The number of hydrogen-bond donors (Lipinski definition) is 4. The average molecular weight is 631 g/mol. The molecule has 1 aliphatic carbocycles. The van der Waals surface area contributed by atoms with Crippen LogP contribution in [0.1, 0.15) is 65.7 Å². The van der Waals surface area contributed by atoms with Gasteiger partial charge in [0, 0.05) is 61.5 Å². The number of halogens is 1. The molecule has 11 nitrogen and oxygen atoms in total. The second-order valence-electron chi connectivity index (χ2n) is 12.3. The van der Waals surface area contributed by atoms with Gasteiger partial charge in [-0.3, -0.25) is 24.0 Å². The number of aromatic nitrogens is 3. The third-order valence-electron chi connectivity index (χ3n) is 9.15. The third kappa shape index (κ3) is 6.48. The van der Waals surface area contributed by atoms with E-state index in [4.69, 9.17) is 0 Å². The van der Waals surface area contributed by atoms with Crippen LogP contribution in [-0.2, 0) is 13.0 Å².